The van der Waals surface area contributed by atoms with Gasteiger partial charge in [0, 0.05) is 54.1 Å². The Morgan fingerprint density at radius 3 is 2.78 bits per heavy atom. The fourth-order valence-corrected chi connectivity index (χ4v) is 4.30. The summed E-state index contributed by atoms with van der Waals surface area (Å²) in [6.07, 6.45) is 4.86. The molecule has 0 saturated carbocycles. The highest BCUT2D eigenvalue weighted by molar-refractivity contribution is 5.85. The van der Waals surface area contributed by atoms with Crippen LogP contribution in [0.5, 0.6) is 0 Å². The molecule has 3 heterocycles. The van der Waals surface area contributed by atoms with Crippen molar-refractivity contribution in [1.82, 2.24) is 19.7 Å². The van der Waals surface area contributed by atoms with Crippen LogP contribution in [0.15, 0.2) is 60.9 Å². The molecule has 0 fully saturated rings. The van der Waals surface area contributed by atoms with Gasteiger partial charge >= 0.3 is 0 Å². The van der Waals surface area contributed by atoms with Crippen LogP contribution in [0.3, 0.4) is 0 Å². The lowest BCUT2D eigenvalue weighted by atomic mass is 9.92. The van der Waals surface area contributed by atoms with Crippen LogP contribution in [0, 0.1) is 5.82 Å². The van der Waals surface area contributed by atoms with Gasteiger partial charge in [0.25, 0.3) is 0 Å². The smallest absolute Gasteiger partial charge is 0.128 e. The van der Waals surface area contributed by atoms with Gasteiger partial charge in [-0.15, -0.1) is 0 Å². The zero-order chi connectivity index (χ0) is 18.4. The van der Waals surface area contributed by atoms with E-state index >= 15 is 0 Å². The summed E-state index contributed by atoms with van der Waals surface area (Å²) >= 11 is 0. The second kappa shape index (κ2) is 6.35. The molecule has 27 heavy (non-hydrogen) atoms. The van der Waals surface area contributed by atoms with Crippen molar-refractivity contribution in [3.8, 4) is 0 Å². The Morgan fingerprint density at radius 2 is 1.96 bits per heavy atom. The predicted octanol–water partition coefficient (Wildman–Crippen LogP) is 4.19. The highest BCUT2D eigenvalue weighted by Crippen LogP contribution is 2.39. The van der Waals surface area contributed by atoms with E-state index in [1.807, 2.05) is 42.3 Å². The number of nitrogens with zero attached hydrogens (tertiary/aromatic N) is 3. The molecule has 4 aromatic rings. The lowest BCUT2D eigenvalue weighted by molar-refractivity contribution is 0.198. The zero-order valence-electron chi connectivity index (χ0n) is 15.2. The van der Waals surface area contributed by atoms with Gasteiger partial charge in [0.1, 0.15) is 5.82 Å². The van der Waals surface area contributed by atoms with Crippen molar-refractivity contribution in [3.63, 3.8) is 0 Å². The summed E-state index contributed by atoms with van der Waals surface area (Å²) in [6.45, 7) is 1.62. The average molecular weight is 360 g/mol. The molecular formula is C22H21FN4. The van der Waals surface area contributed by atoms with Crippen molar-refractivity contribution < 1.29 is 4.39 Å². The van der Waals surface area contributed by atoms with E-state index in [0.29, 0.717) is 5.56 Å². The third-order valence-electron chi connectivity index (χ3n) is 5.48. The van der Waals surface area contributed by atoms with E-state index in [1.54, 1.807) is 12.1 Å². The summed E-state index contributed by atoms with van der Waals surface area (Å²) in [5.41, 5.74) is 5.39. The van der Waals surface area contributed by atoms with Crippen molar-refractivity contribution in [2.75, 3.05) is 6.54 Å². The number of aromatic amines is 1. The van der Waals surface area contributed by atoms with Gasteiger partial charge in [-0.05, 0) is 24.1 Å². The zero-order valence-corrected chi connectivity index (χ0v) is 15.2. The first-order chi connectivity index (χ1) is 13.2. The van der Waals surface area contributed by atoms with Gasteiger partial charge in [-0.2, -0.15) is 5.10 Å². The van der Waals surface area contributed by atoms with Gasteiger partial charge in [0.2, 0.25) is 0 Å². The predicted molar refractivity (Wildman–Crippen MR) is 104 cm³/mol. The van der Waals surface area contributed by atoms with Crippen LogP contribution < -0.4 is 0 Å². The summed E-state index contributed by atoms with van der Waals surface area (Å²) in [5, 5.41) is 5.53. The second-order valence-electron chi connectivity index (χ2n) is 7.23. The molecule has 0 saturated heterocycles. The molecular weight excluding hydrogens is 339 g/mol. The normalized spacial score (nSPS) is 17.3. The first-order valence-corrected chi connectivity index (χ1v) is 9.26. The number of nitrogens with one attached hydrogen (secondary N) is 1. The topological polar surface area (TPSA) is 36.9 Å². The standard InChI is InChI=1S/C22H21FN4/c1-26-13-15(12-24-26)14-27-11-10-17-16-6-3-5-9-20(16)25-21(17)22(27)18-7-2-4-8-19(18)23/h2-9,12-13,22,25H,10-11,14H2,1H3/t22-/m1/s1. The third-order valence-corrected chi connectivity index (χ3v) is 5.48. The van der Waals surface area contributed by atoms with Crippen molar-refractivity contribution in [3.05, 3.63) is 89.1 Å². The van der Waals surface area contributed by atoms with E-state index in [0.717, 1.165) is 36.3 Å². The Kier molecular flexibility index (Phi) is 3.83. The highest BCUT2D eigenvalue weighted by atomic mass is 19.1. The summed E-state index contributed by atoms with van der Waals surface area (Å²) in [7, 11) is 1.92. The van der Waals surface area contributed by atoms with Crippen LogP contribution in [-0.4, -0.2) is 26.2 Å². The lowest BCUT2D eigenvalue weighted by Gasteiger charge is -2.36. The number of aromatic nitrogens is 3. The Bertz CT molecular complexity index is 1110. The fourth-order valence-electron chi connectivity index (χ4n) is 4.30. The van der Waals surface area contributed by atoms with Crippen molar-refractivity contribution in [2.45, 2.75) is 19.0 Å². The largest absolute Gasteiger partial charge is 0.357 e. The van der Waals surface area contributed by atoms with Gasteiger partial charge < -0.3 is 4.98 Å². The molecule has 1 N–H and O–H groups in total. The second-order valence-corrected chi connectivity index (χ2v) is 7.23. The highest BCUT2D eigenvalue weighted by Gasteiger charge is 2.33. The summed E-state index contributed by atoms with van der Waals surface area (Å²) < 4.78 is 16.6. The maximum Gasteiger partial charge on any atom is 0.128 e. The number of benzene rings is 2. The van der Waals surface area contributed by atoms with Crippen LogP contribution in [0.1, 0.15) is 28.4 Å². The Labute approximate surface area is 157 Å². The van der Waals surface area contributed by atoms with Gasteiger partial charge in [0.15, 0.2) is 0 Å². The maximum atomic E-state index is 14.8. The Hall–Kier alpha value is -2.92. The van der Waals surface area contributed by atoms with Gasteiger partial charge in [-0.1, -0.05) is 36.4 Å². The minimum absolute atomic E-state index is 0.137. The first kappa shape index (κ1) is 16.3. The molecule has 0 aliphatic carbocycles. The maximum absolute atomic E-state index is 14.8. The lowest BCUT2D eigenvalue weighted by Crippen LogP contribution is -2.36. The molecule has 0 bridgehead atoms. The van der Waals surface area contributed by atoms with E-state index in [-0.39, 0.29) is 11.9 Å². The number of hydrogen-bond donors (Lipinski definition) is 1. The van der Waals surface area contributed by atoms with Gasteiger partial charge in [-0.3, -0.25) is 9.58 Å². The first-order valence-electron chi connectivity index (χ1n) is 9.26. The number of rotatable bonds is 3. The van der Waals surface area contributed by atoms with Crippen molar-refractivity contribution >= 4 is 10.9 Å². The summed E-state index contributed by atoms with van der Waals surface area (Å²) in [6, 6.07) is 15.3. The SMILES string of the molecule is Cn1cc(CN2CCc3c([nH]c4ccccc34)[C@H]2c2ccccc2F)cn1. The van der Waals surface area contributed by atoms with Crippen LogP contribution >= 0.6 is 0 Å². The molecule has 2 aromatic heterocycles. The number of fused-ring (bicyclic) bond motifs is 3. The molecule has 0 amide bonds. The van der Waals surface area contributed by atoms with Crippen LogP contribution in [0.4, 0.5) is 4.39 Å². The van der Waals surface area contributed by atoms with E-state index < -0.39 is 0 Å². The number of hydrogen-bond acceptors (Lipinski definition) is 2. The molecule has 1 atom stereocenters. The quantitative estimate of drug-likeness (QED) is 0.595. The van der Waals surface area contributed by atoms with E-state index in [1.165, 1.54) is 10.9 Å². The molecule has 1 aliphatic heterocycles. The number of H-pyrrole nitrogens is 1. The Balaban J connectivity index is 1.65. The fraction of sp³-hybridized carbons (Fsp3) is 0.227. The third kappa shape index (κ3) is 2.75. The minimum Gasteiger partial charge on any atom is -0.357 e. The number of halogens is 1. The molecule has 5 heteroatoms. The van der Waals surface area contributed by atoms with E-state index in [4.69, 9.17) is 0 Å². The van der Waals surface area contributed by atoms with Crippen LogP contribution in [0.2, 0.25) is 0 Å². The molecule has 5 rings (SSSR count). The number of para-hydroxylation sites is 1. The molecule has 0 spiro atoms. The summed E-state index contributed by atoms with van der Waals surface area (Å²) in [4.78, 5) is 5.92. The molecule has 4 nitrogen and oxygen atoms in total. The minimum atomic E-state index is -0.162. The van der Waals surface area contributed by atoms with Crippen molar-refractivity contribution in [1.29, 1.82) is 0 Å². The Morgan fingerprint density at radius 1 is 1.15 bits per heavy atom. The van der Waals surface area contributed by atoms with Crippen molar-refractivity contribution in [2.24, 2.45) is 7.05 Å². The van der Waals surface area contributed by atoms with Gasteiger partial charge in [-0.25, -0.2) is 4.39 Å². The monoisotopic (exact) mass is 360 g/mol. The molecule has 0 unspecified atom stereocenters. The van der Waals surface area contributed by atoms with E-state index in [9.17, 15) is 4.39 Å². The van der Waals surface area contributed by atoms with Crippen LogP contribution in [0.25, 0.3) is 10.9 Å². The summed E-state index contributed by atoms with van der Waals surface area (Å²) in [5.74, 6) is -0.162. The van der Waals surface area contributed by atoms with Crippen LogP contribution in [-0.2, 0) is 20.0 Å². The van der Waals surface area contributed by atoms with Gasteiger partial charge in [0.05, 0.1) is 12.2 Å². The van der Waals surface area contributed by atoms with E-state index in [2.05, 4.69) is 33.2 Å². The molecule has 0 radical (unpaired) electrons. The number of aryl methyl sites for hydroxylation is 1. The molecule has 2 aromatic carbocycles. The molecule has 136 valence electrons. The average Bonchev–Trinajstić information content (AvgIpc) is 3.25. The molecule has 1 aliphatic rings.